The van der Waals surface area contributed by atoms with Gasteiger partial charge in [-0.15, -0.1) is 0 Å². The monoisotopic (exact) mass is 259 g/mol. The third-order valence-electron chi connectivity index (χ3n) is 2.06. The summed E-state index contributed by atoms with van der Waals surface area (Å²) in [6.45, 7) is 1.53. The Bertz CT molecular complexity index is 219. The molecule has 96 valence electrons. The van der Waals surface area contributed by atoms with Crippen LogP contribution in [0, 0.1) is 0 Å². The van der Waals surface area contributed by atoms with Crippen molar-refractivity contribution < 1.29 is 23.1 Å². The first kappa shape index (κ1) is 15.6. The SMILES string of the molecule is CS[C@@H](CO)[C@@H](C)NC(=O)CCC(F)(F)F. The summed E-state index contributed by atoms with van der Waals surface area (Å²) in [4.78, 5) is 11.1. The lowest BCUT2D eigenvalue weighted by Crippen LogP contribution is -2.41. The van der Waals surface area contributed by atoms with Crippen LogP contribution in [0.15, 0.2) is 0 Å². The van der Waals surface area contributed by atoms with E-state index in [-0.39, 0.29) is 17.9 Å². The second-order valence-corrected chi connectivity index (χ2v) is 4.50. The number of carbonyl (C=O) groups excluding carboxylic acids is 1. The van der Waals surface area contributed by atoms with Crippen molar-refractivity contribution in [2.75, 3.05) is 12.9 Å². The first-order valence-corrected chi connectivity index (χ1v) is 6.08. The Balaban J connectivity index is 3.95. The summed E-state index contributed by atoms with van der Waals surface area (Å²) in [6, 6.07) is -0.347. The fourth-order valence-electron chi connectivity index (χ4n) is 1.11. The zero-order valence-corrected chi connectivity index (χ0v) is 9.99. The molecule has 0 fully saturated rings. The Morgan fingerprint density at radius 1 is 1.50 bits per heavy atom. The molecule has 16 heavy (non-hydrogen) atoms. The van der Waals surface area contributed by atoms with Gasteiger partial charge in [0, 0.05) is 17.7 Å². The number of rotatable bonds is 6. The summed E-state index contributed by atoms with van der Waals surface area (Å²) in [5, 5.41) is 11.2. The molecule has 0 bridgehead atoms. The molecule has 0 rings (SSSR count). The van der Waals surface area contributed by atoms with E-state index >= 15 is 0 Å². The van der Waals surface area contributed by atoms with Crippen LogP contribution in [0.4, 0.5) is 13.2 Å². The minimum absolute atomic E-state index is 0.123. The number of thioether (sulfide) groups is 1. The van der Waals surface area contributed by atoms with Gasteiger partial charge in [-0.25, -0.2) is 0 Å². The molecule has 0 aliphatic rings. The predicted octanol–water partition coefficient (Wildman–Crippen LogP) is 1.56. The Kier molecular flexibility index (Phi) is 6.82. The molecule has 0 aromatic carbocycles. The molecule has 0 aliphatic carbocycles. The minimum atomic E-state index is -4.31. The molecule has 0 spiro atoms. The van der Waals surface area contributed by atoms with E-state index in [1.807, 2.05) is 0 Å². The Hall–Kier alpha value is -0.430. The van der Waals surface area contributed by atoms with Crippen LogP contribution in [-0.4, -0.2) is 41.3 Å². The molecule has 2 atom stereocenters. The van der Waals surface area contributed by atoms with E-state index in [4.69, 9.17) is 5.11 Å². The van der Waals surface area contributed by atoms with Gasteiger partial charge in [0.15, 0.2) is 0 Å². The molecule has 0 heterocycles. The number of halogens is 3. The average molecular weight is 259 g/mol. The first-order chi connectivity index (χ1) is 7.30. The molecule has 2 N–H and O–H groups in total. The van der Waals surface area contributed by atoms with E-state index in [0.717, 1.165) is 0 Å². The van der Waals surface area contributed by atoms with Crippen LogP contribution in [-0.2, 0) is 4.79 Å². The van der Waals surface area contributed by atoms with Crippen molar-refractivity contribution in [2.45, 2.75) is 37.2 Å². The fraction of sp³-hybridized carbons (Fsp3) is 0.889. The van der Waals surface area contributed by atoms with E-state index < -0.39 is 24.9 Å². The number of carbonyl (C=O) groups is 1. The second-order valence-electron chi connectivity index (χ2n) is 3.43. The maximum absolute atomic E-state index is 11.8. The van der Waals surface area contributed by atoms with Gasteiger partial charge in [-0.3, -0.25) is 4.79 Å². The Morgan fingerprint density at radius 2 is 2.06 bits per heavy atom. The Labute approximate surface area is 96.8 Å². The smallest absolute Gasteiger partial charge is 0.389 e. The number of alkyl halides is 3. The summed E-state index contributed by atoms with van der Waals surface area (Å²) in [5.74, 6) is -0.641. The molecule has 0 radical (unpaired) electrons. The number of hydrogen-bond donors (Lipinski definition) is 2. The summed E-state index contributed by atoms with van der Waals surface area (Å²) in [5.41, 5.74) is 0. The first-order valence-electron chi connectivity index (χ1n) is 4.80. The third kappa shape index (κ3) is 6.95. The number of amides is 1. The van der Waals surface area contributed by atoms with Gasteiger partial charge >= 0.3 is 6.18 Å². The topological polar surface area (TPSA) is 49.3 Å². The largest absolute Gasteiger partial charge is 0.395 e. The number of hydrogen-bond acceptors (Lipinski definition) is 3. The van der Waals surface area contributed by atoms with Crippen molar-refractivity contribution in [3.8, 4) is 0 Å². The van der Waals surface area contributed by atoms with Crippen LogP contribution in [0.3, 0.4) is 0 Å². The van der Waals surface area contributed by atoms with Crippen LogP contribution in [0.2, 0.25) is 0 Å². The van der Waals surface area contributed by atoms with Crippen molar-refractivity contribution in [3.05, 3.63) is 0 Å². The number of aliphatic hydroxyl groups is 1. The maximum atomic E-state index is 11.8. The summed E-state index contributed by atoms with van der Waals surface area (Å²) >= 11 is 1.36. The van der Waals surface area contributed by atoms with Gasteiger partial charge in [0.25, 0.3) is 0 Å². The van der Waals surface area contributed by atoms with E-state index in [1.54, 1.807) is 13.2 Å². The average Bonchev–Trinajstić information content (AvgIpc) is 2.15. The van der Waals surface area contributed by atoms with Crippen LogP contribution in [0.25, 0.3) is 0 Å². The van der Waals surface area contributed by atoms with Crippen molar-refractivity contribution >= 4 is 17.7 Å². The highest BCUT2D eigenvalue weighted by molar-refractivity contribution is 7.99. The summed E-state index contributed by atoms with van der Waals surface area (Å²) in [7, 11) is 0. The van der Waals surface area contributed by atoms with Gasteiger partial charge < -0.3 is 10.4 Å². The molecule has 0 aliphatic heterocycles. The normalized spacial score (nSPS) is 15.6. The van der Waals surface area contributed by atoms with Gasteiger partial charge in [0.05, 0.1) is 13.0 Å². The number of nitrogens with one attached hydrogen (secondary N) is 1. The molecule has 1 amide bonds. The highest BCUT2D eigenvalue weighted by atomic mass is 32.2. The fourth-order valence-corrected chi connectivity index (χ4v) is 1.74. The minimum Gasteiger partial charge on any atom is -0.395 e. The number of aliphatic hydroxyl groups excluding tert-OH is 1. The second kappa shape index (κ2) is 7.01. The van der Waals surface area contributed by atoms with Crippen molar-refractivity contribution in [1.29, 1.82) is 0 Å². The van der Waals surface area contributed by atoms with Crippen LogP contribution in [0.1, 0.15) is 19.8 Å². The Morgan fingerprint density at radius 3 is 2.44 bits per heavy atom. The van der Waals surface area contributed by atoms with Crippen LogP contribution >= 0.6 is 11.8 Å². The van der Waals surface area contributed by atoms with Gasteiger partial charge in [-0.05, 0) is 13.2 Å². The standard InChI is InChI=1S/C9H16F3NO2S/c1-6(7(5-14)16-2)13-8(15)3-4-9(10,11)12/h6-7,14H,3-5H2,1-2H3,(H,13,15)/t6-,7+/m1/s1. The summed E-state index contributed by atoms with van der Waals surface area (Å²) in [6.07, 6.45) is -4.23. The molecular formula is C9H16F3NO2S. The molecule has 0 saturated heterocycles. The lowest BCUT2D eigenvalue weighted by Gasteiger charge is -2.21. The van der Waals surface area contributed by atoms with Crippen molar-refractivity contribution in [3.63, 3.8) is 0 Å². The van der Waals surface area contributed by atoms with Gasteiger partial charge in [0.2, 0.25) is 5.91 Å². The van der Waals surface area contributed by atoms with Crippen LogP contribution < -0.4 is 5.32 Å². The van der Waals surface area contributed by atoms with E-state index in [0.29, 0.717) is 0 Å². The highest BCUT2D eigenvalue weighted by Crippen LogP contribution is 2.21. The van der Waals surface area contributed by atoms with E-state index in [2.05, 4.69) is 5.32 Å². The molecule has 3 nitrogen and oxygen atoms in total. The van der Waals surface area contributed by atoms with E-state index in [9.17, 15) is 18.0 Å². The highest BCUT2D eigenvalue weighted by Gasteiger charge is 2.28. The lowest BCUT2D eigenvalue weighted by atomic mass is 10.2. The zero-order valence-electron chi connectivity index (χ0n) is 9.17. The molecule has 0 saturated carbocycles. The van der Waals surface area contributed by atoms with E-state index in [1.165, 1.54) is 11.8 Å². The molecule has 0 unspecified atom stereocenters. The van der Waals surface area contributed by atoms with Crippen LogP contribution in [0.5, 0.6) is 0 Å². The van der Waals surface area contributed by atoms with Crippen molar-refractivity contribution in [1.82, 2.24) is 5.32 Å². The van der Waals surface area contributed by atoms with Crippen molar-refractivity contribution in [2.24, 2.45) is 0 Å². The van der Waals surface area contributed by atoms with Gasteiger partial charge in [-0.1, -0.05) is 0 Å². The van der Waals surface area contributed by atoms with Gasteiger partial charge in [0.1, 0.15) is 0 Å². The van der Waals surface area contributed by atoms with Gasteiger partial charge in [-0.2, -0.15) is 24.9 Å². The summed E-state index contributed by atoms with van der Waals surface area (Å²) < 4.78 is 35.5. The third-order valence-corrected chi connectivity index (χ3v) is 3.23. The molecule has 7 heteroatoms. The molecular weight excluding hydrogens is 243 g/mol. The molecule has 0 aromatic rings. The maximum Gasteiger partial charge on any atom is 0.389 e. The lowest BCUT2D eigenvalue weighted by molar-refractivity contribution is -0.144. The molecule has 0 aromatic heterocycles. The predicted molar refractivity (Wildman–Crippen MR) is 57.3 cm³/mol. The zero-order chi connectivity index (χ0) is 12.8. The quantitative estimate of drug-likeness (QED) is 0.761.